The summed E-state index contributed by atoms with van der Waals surface area (Å²) in [7, 11) is 3.04. The van der Waals surface area contributed by atoms with Crippen molar-refractivity contribution in [2.75, 3.05) is 26.1 Å². The van der Waals surface area contributed by atoms with Gasteiger partial charge in [0.05, 0.1) is 38.8 Å². The fraction of sp³-hybridized carbons (Fsp3) is 0.300. The van der Waals surface area contributed by atoms with E-state index in [1.807, 2.05) is 6.07 Å². The lowest BCUT2D eigenvalue weighted by molar-refractivity contribution is -0.682. The number of nitrogens with two attached hydrogens (primary N) is 1. The summed E-state index contributed by atoms with van der Waals surface area (Å²) in [6.07, 6.45) is 0.0867. The maximum atomic E-state index is 13.6. The molecule has 0 aliphatic carbocycles. The zero-order valence-electron chi connectivity index (χ0n) is 16.0. The number of aliphatic carboxylic acids is 1. The van der Waals surface area contributed by atoms with Gasteiger partial charge < -0.3 is 30.0 Å². The van der Waals surface area contributed by atoms with E-state index >= 15 is 0 Å². The third-order valence-corrected chi connectivity index (χ3v) is 4.25. The molecule has 1 amide bonds. The molecule has 7 nitrogen and oxygen atoms in total. The second kappa shape index (κ2) is 10.4. The van der Waals surface area contributed by atoms with Gasteiger partial charge in [-0.1, -0.05) is 6.07 Å². The predicted octanol–water partition coefficient (Wildman–Crippen LogP) is 0.235. The lowest BCUT2D eigenvalue weighted by Gasteiger charge is -2.17. The van der Waals surface area contributed by atoms with Crippen LogP contribution >= 0.6 is 0 Å². The first kappa shape index (κ1) is 22.1. The number of amides is 1. The highest BCUT2D eigenvalue weighted by Gasteiger charge is 2.19. The second-order valence-corrected chi connectivity index (χ2v) is 6.27. The molecule has 2 aromatic rings. The van der Waals surface area contributed by atoms with Gasteiger partial charge in [0.2, 0.25) is 5.91 Å². The Kier molecular flexibility index (Phi) is 7.90. The van der Waals surface area contributed by atoms with Crippen molar-refractivity contribution in [3.63, 3.8) is 0 Å². The third-order valence-electron chi connectivity index (χ3n) is 4.25. The quantitative estimate of drug-likeness (QED) is 0.586. The van der Waals surface area contributed by atoms with Crippen LogP contribution in [-0.2, 0) is 16.0 Å². The first-order valence-corrected chi connectivity index (χ1v) is 8.84. The molecule has 0 aliphatic heterocycles. The van der Waals surface area contributed by atoms with E-state index in [0.29, 0.717) is 30.5 Å². The summed E-state index contributed by atoms with van der Waals surface area (Å²) in [6.45, 7) is 0.367. The molecule has 0 heterocycles. The van der Waals surface area contributed by atoms with Crippen LogP contribution in [0, 0.1) is 11.6 Å². The minimum absolute atomic E-state index is 0.223. The fourth-order valence-electron chi connectivity index (χ4n) is 2.74. The highest BCUT2D eigenvalue weighted by atomic mass is 19.1. The first-order valence-electron chi connectivity index (χ1n) is 8.84. The van der Waals surface area contributed by atoms with Crippen LogP contribution in [0.1, 0.15) is 12.0 Å². The molecule has 0 saturated carbocycles. The molecular weight excluding hydrogens is 386 g/mol. The van der Waals surface area contributed by atoms with Gasteiger partial charge in [0.15, 0.2) is 11.5 Å². The van der Waals surface area contributed by atoms with Crippen LogP contribution in [-0.4, -0.2) is 38.7 Å². The van der Waals surface area contributed by atoms with Gasteiger partial charge in [0, 0.05) is 12.5 Å². The molecule has 9 heteroatoms. The molecule has 0 radical (unpaired) electrons. The maximum absolute atomic E-state index is 13.6. The summed E-state index contributed by atoms with van der Waals surface area (Å²) in [4.78, 5) is 23.4. The molecule has 0 spiro atoms. The summed E-state index contributed by atoms with van der Waals surface area (Å²) in [6, 6.07) is 6.88. The Morgan fingerprint density at radius 1 is 1.10 bits per heavy atom. The summed E-state index contributed by atoms with van der Waals surface area (Å²) < 4.78 is 36.9. The maximum Gasteiger partial charge on any atom is 0.230 e. The van der Waals surface area contributed by atoms with Crippen molar-refractivity contribution < 1.29 is 38.3 Å². The smallest absolute Gasteiger partial charge is 0.230 e. The molecule has 1 atom stereocenters. The molecule has 0 aromatic heterocycles. The van der Waals surface area contributed by atoms with E-state index in [2.05, 4.69) is 5.32 Å². The van der Waals surface area contributed by atoms with Crippen LogP contribution < -0.4 is 25.2 Å². The molecule has 0 fully saturated rings. The molecule has 2 aromatic carbocycles. The van der Waals surface area contributed by atoms with Crippen molar-refractivity contribution in [2.24, 2.45) is 0 Å². The lowest BCUT2D eigenvalue weighted by atomic mass is 10.1. The Labute approximate surface area is 166 Å². The molecule has 29 heavy (non-hydrogen) atoms. The Bertz CT molecular complexity index is 876. The van der Waals surface area contributed by atoms with Gasteiger partial charge in [0.25, 0.3) is 0 Å². The van der Waals surface area contributed by atoms with Gasteiger partial charge in [-0.15, -0.1) is 0 Å². The molecular formula is C20H22F2N2O5. The normalized spacial score (nSPS) is 11.6. The van der Waals surface area contributed by atoms with Crippen molar-refractivity contribution in [1.82, 2.24) is 0 Å². The number of carbonyl (C=O) groups excluding carboxylic acids is 2. The zero-order valence-corrected chi connectivity index (χ0v) is 16.0. The standard InChI is InChI=1S/C20H22F2N2O5/c1-28-17-6-3-12(9-18(17)29-2)7-8-23-16(20(26)27)11-19(25)24-15-5-4-13(21)10-14(15)22/h3-6,9-10,16,23H,7-8,11H2,1-2H3,(H,24,25)(H,26,27)/t16-/m1/s1. The minimum atomic E-state index is -1.41. The van der Waals surface area contributed by atoms with Crippen LogP contribution in [0.25, 0.3) is 0 Å². The topological polar surface area (TPSA) is 104 Å². The first-order chi connectivity index (χ1) is 13.8. The van der Waals surface area contributed by atoms with Gasteiger partial charge in [0.1, 0.15) is 17.7 Å². The second-order valence-electron chi connectivity index (χ2n) is 6.27. The lowest BCUT2D eigenvalue weighted by Crippen LogP contribution is -2.93. The van der Waals surface area contributed by atoms with Gasteiger partial charge in [-0.05, 0) is 29.8 Å². The van der Waals surface area contributed by atoms with E-state index in [9.17, 15) is 23.5 Å². The number of rotatable bonds is 10. The molecule has 0 aliphatic rings. The largest absolute Gasteiger partial charge is 0.544 e. The van der Waals surface area contributed by atoms with Crippen molar-refractivity contribution in [1.29, 1.82) is 0 Å². The van der Waals surface area contributed by atoms with E-state index in [-0.39, 0.29) is 5.69 Å². The monoisotopic (exact) mass is 408 g/mol. The molecule has 0 unspecified atom stereocenters. The molecule has 3 N–H and O–H groups in total. The molecule has 0 saturated heterocycles. The van der Waals surface area contributed by atoms with Crippen molar-refractivity contribution in [3.05, 3.63) is 53.6 Å². The van der Waals surface area contributed by atoms with E-state index in [0.717, 1.165) is 17.7 Å². The number of carboxylic acids is 1. The number of halogens is 2. The number of methoxy groups -OCH3 is 2. The number of carbonyl (C=O) groups is 2. The average Bonchev–Trinajstić information content (AvgIpc) is 2.69. The van der Waals surface area contributed by atoms with Gasteiger partial charge >= 0.3 is 0 Å². The van der Waals surface area contributed by atoms with Crippen LogP contribution in [0.2, 0.25) is 0 Å². The van der Waals surface area contributed by atoms with Gasteiger partial charge in [-0.25, -0.2) is 8.78 Å². The fourth-order valence-corrected chi connectivity index (χ4v) is 2.74. The van der Waals surface area contributed by atoms with Crippen LogP contribution in [0.5, 0.6) is 11.5 Å². The Morgan fingerprint density at radius 2 is 1.83 bits per heavy atom. The van der Waals surface area contributed by atoms with Crippen LogP contribution in [0.15, 0.2) is 36.4 Å². The van der Waals surface area contributed by atoms with Crippen molar-refractivity contribution in [2.45, 2.75) is 18.9 Å². The number of benzene rings is 2. The SMILES string of the molecule is COc1ccc(CC[NH2+][C@H](CC(=O)Nc2ccc(F)cc2F)C(=O)[O-])cc1OC. The Balaban J connectivity index is 1.91. The van der Waals surface area contributed by atoms with Crippen LogP contribution in [0.3, 0.4) is 0 Å². The third kappa shape index (κ3) is 6.42. The molecule has 2 rings (SSSR count). The molecule has 0 bridgehead atoms. The summed E-state index contributed by atoms with van der Waals surface area (Å²) in [5.74, 6) is -2.71. The predicted molar refractivity (Wildman–Crippen MR) is 98.4 cm³/mol. The van der Waals surface area contributed by atoms with Gasteiger partial charge in [-0.2, -0.15) is 0 Å². The number of carboxylic acid groups (broad SMARTS) is 1. The Hall–Kier alpha value is -3.20. The van der Waals surface area contributed by atoms with Gasteiger partial charge in [-0.3, -0.25) is 4.79 Å². The van der Waals surface area contributed by atoms with E-state index in [1.54, 1.807) is 12.1 Å². The van der Waals surface area contributed by atoms with E-state index in [1.165, 1.54) is 19.5 Å². The minimum Gasteiger partial charge on any atom is -0.544 e. The Morgan fingerprint density at radius 3 is 2.45 bits per heavy atom. The number of hydrogen-bond acceptors (Lipinski definition) is 5. The average molecular weight is 408 g/mol. The summed E-state index contributed by atoms with van der Waals surface area (Å²) in [5.41, 5.74) is 0.674. The number of hydrogen-bond donors (Lipinski definition) is 2. The number of ether oxygens (including phenoxy) is 2. The summed E-state index contributed by atoms with van der Waals surface area (Å²) in [5, 5.41) is 15.0. The van der Waals surface area contributed by atoms with Crippen molar-refractivity contribution >= 4 is 17.6 Å². The highest BCUT2D eigenvalue weighted by molar-refractivity contribution is 5.93. The van der Waals surface area contributed by atoms with Crippen molar-refractivity contribution in [3.8, 4) is 11.5 Å². The van der Waals surface area contributed by atoms with E-state index in [4.69, 9.17) is 9.47 Å². The van der Waals surface area contributed by atoms with Crippen LogP contribution in [0.4, 0.5) is 14.5 Å². The highest BCUT2D eigenvalue weighted by Crippen LogP contribution is 2.27. The summed E-state index contributed by atoms with van der Waals surface area (Å²) >= 11 is 0. The zero-order chi connectivity index (χ0) is 21.4. The molecule has 156 valence electrons. The number of anilines is 1. The van der Waals surface area contributed by atoms with E-state index < -0.39 is 36.0 Å². The number of nitrogens with one attached hydrogen (secondary N) is 1. The number of quaternary nitrogens is 1.